The summed E-state index contributed by atoms with van der Waals surface area (Å²) in [6, 6.07) is 17.6. The summed E-state index contributed by atoms with van der Waals surface area (Å²) in [5.41, 5.74) is 1.81. The number of para-hydroxylation sites is 1. The molecule has 1 aliphatic heterocycles. The van der Waals surface area contributed by atoms with Gasteiger partial charge < -0.3 is 15.0 Å². The molecule has 25 heavy (non-hydrogen) atoms. The molecule has 0 radical (unpaired) electrons. The Morgan fingerprint density at radius 3 is 2.56 bits per heavy atom. The second kappa shape index (κ2) is 7.46. The van der Waals surface area contributed by atoms with Gasteiger partial charge in [-0.05, 0) is 30.5 Å². The van der Waals surface area contributed by atoms with Crippen molar-refractivity contribution in [1.29, 1.82) is 0 Å². The number of nitrogens with one attached hydrogen (secondary N) is 1. The number of nitrogens with zero attached hydrogens (tertiary/aromatic N) is 1. The van der Waals surface area contributed by atoms with Crippen molar-refractivity contribution in [2.75, 3.05) is 19.6 Å². The minimum Gasteiger partial charge on any atom is -0.488 e. The minimum absolute atomic E-state index is 0. The highest BCUT2D eigenvalue weighted by Crippen LogP contribution is 2.43. The van der Waals surface area contributed by atoms with Crippen molar-refractivity contribution in [2.45, 2.75) is 25.0 Å². The number of carbonyl (C=O) groups excluding carboxylic acids is 1. The molecular weight excluding hydrogens is 336 g/mol. The van der Waals surface area contributed by atoms with Crippen molar-refractivity contribution >= 4 is 18.3 Å². The Balaban J connectivity index is 0.00000182. The molecule has 132 valence electrons. The first-order chi connectivity index (χ1) is 11.8. The van der Waals surface area contributed by atoms with Crippen LogP contribution in [0.3, 0.4) is 0 Å². The van der Waals surface area contributed by atoms with Gasteiger partial charge in [-0.3, -0.25) is 4.79 Å². The zero-order chi connectivity index (χ0) is 16.4. The van der Waals surface area contributed by atoms with E-state index in [2.05, 4.69) is 5.32 Å². The molecule has 1 spiro atoms. The second-order valence-corrected chi connectivity index (χ2v) is 6.63. The van der Waals surface area contributed by atoms with Gasteiger partial charge >= 0.3 is 0 Å². The van der Waals surface area contributed by atoms with Gasteiger partial charge in [0.1, 0.15) is 12.4 Å². The highest BCUT2D eigenvalue weighted by molar-refractivity contribution is 5.97. The van der Waals surface area contributed by atoms with Crippen LogP contribution in [0, 0.1) is 0 Å². The third-order valence-electron chi connectivity index (χ3n) is 4.97. The summed E-state index contributed by atoms with van der Waals surface area (Å²) in [5.74, 6) is 0.762. The average molecular weight is 359 g/mol. The molecule has 4 nitrogen and oxygen atoms in total. The van der Waals surface area contributed by atoms with Crippen LogP contribution < -0.4 is 10.1 Å². The van der Waals surface area contributed by atoms with E-state index < -0.39 is 0 Å². The standard InChI is InChI=1S/C20H22N2O2.ClH/c23-19(22-13-12-21-15-20(22)10-11-20)17-8-4-5-9-18(17)24-14-16-6-2-1-3-7-16;/h1-9,21H,10-15H2;1H. The molecule has 1 aliphatic carbocycles. The van der Waals surface area contributed by atoms with Crippen molar-refractivity contribution in [3.8, 4) is 5.75 Å². The number of hydrogen-bond acceptors (Lipinski definition) is 3. The summed E-state index contributed by atoms with van der Waals surface area (Å²) >= 11 is 0. The number of carbonyl (C=O) groups is 1. The van der Waals surface area contributed by atoms with Gasteiger partial charge in [-0.2, -0.15) is 0 Å². The fourth-order valence-electron chi connectivity index (χ4n) is 3.40. The molecule has 0 bridgehead atoms. The quantitative estimate of drug-likeness (QED) is 0.912. The van der Waals surface area contributed by atoms with E-state index in [1.165, 1.54) is 0 Å². The Hall–Kier alpha value is -2.04. The number of rotatable bonds is 4. The smallest absolute Gasteiger partial charge is 0.258 e. The number of benzene rings is 2. The maximum atomic E-state index is 13.1. The first-order valence-corrected chi connectivity index (χ1v) is 8.57. The van der Waals surface area contributed by atoms with Crippen molar-refractivity contribution < 1.29 is 9.53 Å². The monoisotopic (exact) mass is 358 g/mol. The van der Waals surface area contributed by atoms with Crippen LogP contribution in [0.5, 0.6) is 5.75 Å². The fourth-order valence-corrected chi connectivity index (χ4v) is 3.40. The number of hydrogen-bond donors (Lipinski definition) is 1. The topological polar surface area (TPSA) is 41.6 Å². The van der Waals surface area contributed by atoms with Crippen LogP contribution in [-0.4, -0.2) is 36.0 Å². The number of amides is 1. The van der Waals surface area contributed by atoms with E-state index >= 15 is 0 Å². The summed E-state index contributed by atoms with van der Waals surface area (Å²) in [4.78, 5) is 15.2. The van der Waals surface area contributed by atoms with Crippen molar-refractivity contribution in [3.05, 3.63) is 65.7 Å². The Bertz CT molecular complexity index is 731. The van der Waals surface area contributed by atoms with Crippen LogP contribution in [0.4, 0.5) is 0 Å². The summed E-state index contributed by atoms with van der Waals surface area (Å²) in [7, 11) is 0. The van der Waals surface area contributed by atoms with E-state index in [1.807, 2.05) is 59.5 Å². The second-order valence-electron chi connectivity index (χ2n) is 6.63. The summed E-state index contributed by atoms with van der Waals surface area (Å²) < 4.78 is 5.96. The van der Waals surface area contributed by atoms with E-state index in [9.17, 15) is 4.79 Å². The van der Waals surface area contributed by atoms with Crippen molar-refractivity contribution in [2.24, 2.45) is 0 Å². The maximum Gasteiger partial charge on any atom is 0.258 e. The van der Waals surface area contributed by atoms with Gasteiger partial charge in [-0.25, -0.2) is 0 Å². The average Bonchev–Trinajstić information content (AvgIpc) is 3.40. The number of piperazine rings is 1. The summed E-state index contributed by atoms with van der Waals surface area (Å²) in [6.07, 6.45) is 2.19. The third-order valence-corrected chi connectivity index (χ3v) is 4.97. The molecule has 0 aromatic heterocycles. The summed E-state index contributed by atoms with van der Waals surface area (Å²) in [6.45, 7) is 3.01. The van der Waals surface area contributed by atoms with E-state index in [-0.39, 0.29) is 23.9 Å². The summed E-state index contributed by atoms with van der Waals surface area (Å²) in [5, 5.41) is 3.41. The lowest BCUT2D eigenvalue weighted by atomic mass is 10.1. The van der Waals surface area contributed by atoms with E-state index in [0.717, 1.165) is 38.0 Å². The molecule has 1 N–H and O–H groups in total. The van der Waals surface area contributed by atoms with Gasteiger partial charge in [0.25, 0.3) is 5.91 Å². The van der Waals surface area contributed by atoms with Crippen LogP contribution >= 0.6 is 12.4 Å². The fraction of sp³-hybridized carbons (Fsp3) is 0.350. The molecule has 0 atom stereocenters. The Labute approximate surface area is 154 Å². The van der Waals surface area contributed by atoms with Crippen molar-refractivity contribution in [1.82, 2.24) is 10.2 Å². The Kier molecular flexibility index (Phi) is 5.30. The molecule has 4 rings (SSSR count). The molecular formula is C20H23ClN2O2. The van der Waals surface area contributed by atoms with Crippen molar-refractivity contribution in [3.63, 3.8) is 0 Å². The maximum absolute atomic E-state index is 13.1. The third kappa shape index (κ3) is 3.65. The number of ether oxygens (including phenoxy) is 1. The first-order valence-electron chi connectivity index (χ1n) is 8.57. The van der Waals surface area contributed by atoms with Crippen LogP contribution in [0.25, 0.3) is 0 Å². The number of halogens is 1. The van der Waals surface area contributed by atoms with Crippen LogP contribution in [-0.2, 0) is 6.61 Å². The Morgan fingerprint density at radius 2 is 1.80 bits per heavy atom. The lowest BCUT2D eigenvalue weighted by molar-refractivity contribution is 0.0596. The molecule has 2 aliphatic rings. The molecule has 1 saturated carbocycles. The van der Waals surface area contributed by atoms with Gasteiger partial charge in [0.05, 0.1) is 11.1 Å². The van der Waals surface area contributed by atoms with Gasteiger partial charge in [0.15, 0.2) is 0 Å². The highest BCUT2D eigenvalue weighted by Gasteiger charge is 2.51. The van der Waals surface area contributed by atoms with Gasteiger partial charge in [-0.1, -0.05) is 42.5 Å². The van der Waals surface area contributed by atoms with E-state index in [1.54, 1.807) is 0 Å². The predicted molar refractivity (Wildman–Crippen MR) is 100 cm³/mol. The molecule has 1 amide bonds. The molecule has 1 heterocycles. The lowest BCUT2D eigenvalue weighted by Gasteiger charge is -2.37. The SMILES string of the molecule is Cl.O=C(c1ccccc1OCc1ccccc1)N1CCNCC12CC2. The predicted octanol–water partition coefficient (Wildman–Crippen LogP) is 3.27. The normalized spacial score (nSPS) is 17.7. The highest BCUT2D eigenvalue weighted by atomic mass is 35.5. The molecule has 2 aromatic carbocycles. The van der Waals surface area contributed by atoms with E-state index in [4.69, 9.17) is 4.74 Å². The molecule has 0 unspecified atom stereocenters. The zero-order valence-corrected chi connectivity index (χ0v) is 14.9. The Morgan fingerprint density at radius 1 is 1.08 bits per heavy atom. The van der Waals surface area contributed by atoms with Crippen LogP contribution in [0.1, 0.15) is 28.8 Å². The molecule has 2 fully saturated rings. The minimum atomic E-state index is 0. The largest absolute Gasteiger partial charge is 0.488 e. The molecule has 1 saturated heterocycles. The lowest BCUT2D eigenvalue weighted by Crippen LogP contribution is -2.55. The van der Waals surface area contributed by atoms with Gasteiger partial charge in [0, 0.05) is 19.6 Å². The van der Waals surface area contributed by atoms with Crippen LogP contribution in [0.2, 0.25) is 0 Å². The molecule has 5 heteroatoms. The zero-order valence-electron chi connectivity index (χ0n) is 14.1. The molecule has 2 aromatic rings. The first kappa shape index (κ1) is 17.8. The van der Waals surface area contributed by atoms with Gasteiger partial charge in [0.2, 0.25) is 0 Å². The van der Waals surface area contributed by atoms with E-state index in [0.29, 0.717) is 17.9 Å². The van der Waals surface area contributed by atoms with Crippen LogP contribution in [0.15, 0.2) is 54.6 Å². The van der Waals surface area contributed by atoms with Gasteiger partial charge in [-0.15, -0.1) is 12.4 Å².